The summed E-state index contributed by atoms with van der Waals surface area (Å²) in [7, 11) is 1.94. The Kier molecular flexibility index (Phi) is 4.47. The monoisotopic (exact) mass is 289 g/mol. The van der Waals surface area contributed by atoms with E-state index in [4.69, 9.17) is 4.42 Å². The molecule has 112 valence electrons. The molecule has 21 heavy (non-hydrogen) atoms. The van der Waals surface area contributed by atoms with Crippen molar-refractivity contribution in [1.82, 2.24) is 15.2 Å². The molecule has 0 aromatic carbocycles. The first kappa shape index (κ1) is 14.9. The van der Waals surface area contributed by atoms with Crippen LogP contribution < -0.4 is 10.6 Å². The van der Waals surface area contributed by atoms with Crippen molar-refractivity contribution in [3.05, 3.63) is 47.7 Å². The minimum atomic E-state index is -0.635. The number of rotatable bonds is 5. The fraction of sp³-hybridized carbons (Fsp3) is 0.333. The van der Waals surface area contributed by atoms with Crippen molar-refractivity contribution in [2.24, 2.45) is 7.05 Å². The van der Waals surface area contributed by atoms with E-state index in [0.717, 1.165) is 11.4 Å². The van der Waals surface area contributed by atoms with Crippen LogP contribution in [-0.4, -0.2) is 22.4 Å². The minimum Gasteiger partial charge on any atom is -0.459 e. The third-order valence-corrected chi connectivity index (χ3v) is 3.41. The quantitative estimate of drug-likeness (QED) is 0.872. The molecular formula is C15H19N3O3. The summed E-state index contributed by atoms with van der Waals surface area (Å²) in [5.74, 6) is -0.459. The van der Waals surface area contributed by atoms with Gasteiger partial charge in [-0.2, -0.15) is 0 Å². The van der Waals surface area contributed by atoms with Crippen LogP contribution in [0.5, 0.6) is 0 Å². The molecule has 0 unspecified atom stereocenters. The zero-order valence-corrected chi connectivity index (χ0v) is 12.3. The summed E-state index contributed by atoms with van der Waals surface area (Å²) in [6.45, 7) is 4.05. The molecule has 0 saturated carbocycles. The standard InChI is InChI=1S/C15H19N3O3/c1-10-6-7-12(18(10)3)9-16-14(19)11(2)17-15(20)13-5-4-8-21-13/h4-8,11H,9H2,1-3H3,(H,16,19)(H,17,20)/t11-/m0/s1. The van der Waals surface area contributed by atoms with Gasteiger partial charge in [0.1, 0.15) is 6.04 Å². The molecule has 2 N–H and O–H groups in total. The van der Waals surface area contributed by atoms with Crippen molar-refractivity contribution in [1.29, 1.82) is 0 Å². The molecular weight excluding hydrogens is 270 g/mol. The zero-order chi connectivity index (χ0) is 15.4. The first-order valence-electron chi connectivity index (χ1n) is 6.72. The maximum absolute atomic E-state index is 12.0. The Bertz CT molecular complexity index is 629. The van der Waals surface area contributed by atoms with Crippen LogP contribution in [0.4, 0.5) is 0 Å². The third kappa shape index (κ3) is 3.53. The molecule has 6 heteroatoms. The fourth-order valence-electron chi connectivity index (χ4n) is 1.92. The van der Waals surface area contributed by atoms with Gasteiger partial charge in [0.25, 0.3) is 5.91 Å². The number of carbonyl (C=O) groups excluding carboxylic acids is 2. The maximum atomic E-state index is 12.0. The highest BCUT2D eigenvalue weighted by Crippen LogP contribution is 2.05. The van der Waals surface area contributed by atoms with Gasteiger partial charge in [-0.05, 0) is 38.1 Å². The van der Waals surface area contributed by atoms with Gasteiger partial charge in [0.2, 0.25) is 5.91 Å². The predicted octanol–water partition coefficient (Wildman–Crippen LogP) is 1.36. The molecule has 0 fully saturated rings. The second-order valence-electron chi connectivity index (χ2n) is 4.92. The molecule has 0 aliphatic carbocycles. The molecule has 0 bridgehead atoms. The second kappa shape index (κ2) is 6.30. The molecule has 2 amide bonds. The molecule has 0 saturated heterocycles. The molecule has 0 aliphatic rings. The summed E-state index contributed by atoms with van der Waals surface area (Å²) in [6, 6.07) is 6.49. The number of hydrogen-bond acceptors (Lipinski definition) is 3. The van der Waals surface area contributed by atoms with E-state index in [1.807, 2.05) is 30.7 Å². The van der Waals surface area contributed by atoms with Crippen LogP contribution >= 0.6 is 0 Å². The number of aromatic nitrogens is 1. The van der Waals surface area contributed by atoms with Crippen LogP contribution in [0.2, 0.25) is 0 Å². The average molecular weight is 289 g/mol. The van der Waals surface area contributed by atoms with E-state index in [1.54, 1.807) is 19.1 Å². The third-order valence-electron chi connectivity index (χ3n) is 3.41. The lowest BCUT2D eigenvalue weighted by Gasteiger charge is -2.14. The summed E-state index contributed by atoms with van der Waals surface area (Å²) in [5.41, 5.74) is 2.13. The van der Waals surface area contributed by atoms with E-state index >= 15 is 0 Å². The van der Waals surface area contributed by atoms with Crippen LogP contribution in [-0.2, 0) is 18.4 Å². The average Bonchev–Trinajstić information content (AvgIpc) is 3.09. The van der Waals surface area contributed by atoms with E-state index in [9.17, 15) is 9.59 Å². The van der Waals surface area contributed by atoms with Gasteiger partial charge in [0, 0.05) is 18.4 Å². The Hall–Kier alpha value is -2.50. The lowest BCUT2D eigenvalue weighted by Crippen LogP contribution is -2.44. The van der Waals surface area contributed by atoms with Crippen molar-refractivity contribution in [3.8, 4) is 0 Å². The molecule has 2 aromatic heterocycles. The summed E-state index contributed by atoms with van der Waals surface area (Å²) >= 11 is 0. The lowest BCUT2D eigenvalue weighted by atomic mass is 10.3. The molecule has 0 spiro atoms. The normalized spacial score (nSPS) is 12.0. The number of amides is 2. The van der Waals surface area contributed by atoms with Gasteiger partial charge in [0.05, 0.1) is 12.8 Å². The highest BCUT2D eigenvalue weighted by Gasteiger charge is 2.18. The number of carbonyl (C=O) groups is 2. The van der Waals surface area contributed by atoms with Crippen LogP contribution in [0, 0.1) is 6.92 Å². The van der Waals surface area contributed by atoms with Gasteiger partial charge < -0.3 is 19.6 Å². The Morgan fingerprint density at radius 2 is 2.10 bits per heavy atom. The Morgan fingerprint density at radius 1 is 1.33 bits per heavy atom. The molecule has 2 aromatic rings. The van der Waals surface area contributed by atoms with Crippen LogP contribution in [0.1, 0.15) is 28.9 Å². The molecule has 2 heterocycles. The molecule has 0 aliphatic heterocycles. The van der Waals surface area contributed by atoms with E-state index in [-0.39, 0.29) is 11.7 Å². The number of nitrogens with one attached hydrogen (secondary N) is 2. The van der Waals surface area contributed by atoms with Crippen molar-refractivity contribution in [3.63, 3.8) is 0 Å². The van der Waals surface area contributed by atoms with Crippen molar-refractivity contribution in [2.45, 2.75) is 26.4 Å². The van der Waals surface area contributed by atoms with Gasteiger partial charge in [-0.1, -0.05) is 0 Å². The Balaban J connectivity index is 1.85. The Morgan fingerprint density at radius 3 is 2.67 bits per heavy atom. The Labute approximate surface area is 123 Å². The number of hydrogen-bond donors (Lipinski definition) is 2. The number of nitrogens with zero attached hydrogens (tertiary/aromatic N) is 1. The largest absolute Gasteiger partial charge is 0.459 e. The molecule has 6 nitrogen and oxygen atoms in total. The van der Waals surface area contributed by atoms with Crippen molar-refractivity contribution in [2.75, 3.05) is 0 Å². The van der Waals surface area contributed by atoms with E-state index in [2.05, 4.69) is 10.6 Å². The molecule has 1 atom stereocenters. The second-order valence-corrected chi connectivity index (χ2v) is 4.92. The lowest BCUT2D eigenvalue weighted by molar-refractivity contribution is -0.122. The number of aryl methyl sites for hydroxylation is 1. The predicted molar refractivity (Wildman–Crippen MR) is 77.6 cm³/mol. The van der Waals surface area contributed by atoms with E-state index in [1.165, 1.54) is 6.26 Å². The van der Waals surface area contributed by atoms with Gasteiger partial charge >= 0.3 is 0 Å². The summed E-state index contributed by atoms with van der Waals surface area (Å²) in [5, 5.41) is 5.39. The summed E-state index contributed by atoms with van der Waals surface area (Å²) in [6.07, 6.45) is 1.41. The van der Waals surface area contributed by atoms with Gasteiger partial charge in [-0.3, -0.25) is 9.59 Å². The number of furan rings is 1. The van der Waals surface area contributed by atoms with Crippen LogP contribution in [0.3, 0.4) is 0 Å². The molecule has 0 radical (unpaired) electrons. The SMILES string of the molecule is Cc1ccc(CNC(=O)[C@H](C)NC(=O)c2ccco2)n1C. The first-order chi connectivity index (χ1) is 9.99. The van der Waals surface area contributed by atoms with Gasteiger partial charge in [-0.25, -0.2) is 0 Å². The highest BCUT2D eigenvalue weighted by atomic mass is 16.3. The van der Waals surface area contributed by atoms with Crippen molar-refractivity contribution >= 4 is 11.8 Å². The fourth-order valence-corrected chi connectivity index (χ4v) is 1.92. The van der Waals surface area contributed by atoms with Crippen molar-refractivity contribution < 1.29 is 14.0 Å². The summed E-state index contributed by atoms with van der Waals surface area (Å²) < 4.78 is 6.98. The van der Waals surface area contributed by atoms with Crippen LogP contribution in [0.15, 0.2) is 34.9 Å². The minimum absolute atomic E-state index is 0.188. The van der Waals surface area contributed by atoms with Gasteiger partial charge in [0.15, 0.2) is 5.76 Å². The summed E-state index contributed by atoms with van der Waals surface area (Å²) in [4.78, 5) is 23.7. The topological polar surface area (TPSA) is 76.3 Å². The highest BCUT2D eigenvalue weighted by molar-refractivity contribution is 5.95. The van der Waals surface area contributed by atoms with E-state index < -0.39 is 11.9 Å². The smallest absolute Gasteiger partial charge is 0.287 e. The van der Waals surface area contributed by atoms with Crippen LogP contribution in [0.25, 0.3) is 0 Å². The zero-order valence-electron chi connectivity index (χ0n) is 12.3. The maximum Gasteiger partial charge on any atom is 0.287 e. The molecule has 2 rings (SSSR count). The first-order valence-corrected chi connectivity index (χ1v) is 6.72. The van der Waals surface area contributed by atoms with Gasteiger partial charge in [-0.15, -0.1) is 0 Å². The van der Waals surface area contributed by atoms with E-state index in [0.29, 0.717) is 6.54 Å².